The van der Waals surface area contributed by atoms with Gasteiger partial charge in [0.2, 0.25) is 0 Å². The van der Waals surface area contributed by atoms with Crippen molar-refractivity contribution in [2.45, 2.75) is 64.5 Å². The third-order valence-corrected chi connectivity index (χ3v) is 6.12. The summed E-state index contributed by atoms with van der Waals surface area (Å²) in [4.78, 5) is 17.0. The van der Waals surface area contributed by atoms with Crippen LogP contribution in [0.4, 0.5) is 5.69 Å². The maximum Gasteiger partial charge on any atom is 0.253 e. The minimum atomic E-state index is -0.161. The first kappa shape index (κ1) is 18.2. The number of aliphatic hydroxyl groups excluding tert-OH is 1. The molecule has 0 unspecified atom stereocenters. The van der Waals surface area contributed by atoms with E-state index in [9.17, 15) is 9.90 Å². The minimum absolute atomic E-state index is 0.130. The van der Waals surface area contributed by atoms with Crippen LogP contribution in [-0.2, 0) is 0 Å². The van der Waals surface area contributed by atoms with Gasteiger partial charge in [-0.05, 0) is 68.2 Å². The van der Waals surface area contributed by atoms with E-state index in [4.69, 9.17) is 0 Å². The maximum atomic E-state index is 12.8. The van der Waals surface area contributed by atoms with E-state index in [-0.39, 0.29) is 12.0 Å². The molecule has 0 radical (unpaired) electrons. The summed E-state index contributed by atoms with van der Waals surface area (Å²) in [5.41, 5.74) is 2.34. The Morgan fingerprint density at radius 2 is 1.64 bits per heavy atom. The van der Waals surface area contributed by atoms with Gasteiger partial charge in [-0.2, -0.15) is 0 Å². The number of rotatable bonds is 3. The Labute approximate surface area is 151 Å². The van der Waals surface area contributed by atoms with Crippen molar-refractivity contribution in [2.75, 3.05) is 25.0 Å². The number of benzene rings is 1. The highest BCUT2D eigenvalue weighted by atomic mass is 16.3. The van der Waals surface area contributed by atoms with E-state index in [0.29, 0.717) is 11.5 Å². The molecule has 3 rings (SSSR count). The molecule has 4 nitrogen and oxygen atoms in total. The summed E-state index contributed by atoms with van der Waals surface area (Å²) in [6, 6.07) is 8.35. The van der Waals surface area contributed by atoms with Crippen molar-refractivity contribution in [3.05, 3.63) is 29.8 Å². The predicted octanol–water partition coefficient (Wildman–Crippen LogP) is 3.69. The zero-order valence-electron chi connectivity index (χ0n) is 15.9. The Morgan fingerprint density at radius 1 is 1.08 bits per heavy atom. The molecule has 0 aromatic heterocycles. The van der Waals surface area contributed by atoms with Crippen molar-refractivity contribution in [1.29, 1.82) is 0 Å². The summed E-state index contributed by atoms with van der Waals surface area (Å²) in [5.74, 6) is 0.130. The van der Waals surface area contributed by atoms with Gasteiger partial charge in [0.05, 0.1) is 6.10 Å². The number of piperidine rings is 1. The maximum absolute atomic E-state index is 12.8. The Balaban J connectivity index is 1.60. The number of carbonyl (C=O) groups excluding carboxylic acids is 1. The highest BCUT2D eigenvalue weighted by molar-refractivity contribution is 5.94. The average Bonchev–Trinajstić information content (AvgIpc) is 2.61. The Morgan fingerprint density at radius 3 is 2.20 bits per heavy atom. The molecular formula is C21H32N2O2. The van der Waals surface area contributed by atoms with Gasteiger partial charge in [0, 0.05) is 37.4 Å². The lowest BCUT2D eigenvalue weighted by atomic mass is 9.75. The molecule has 25 heavy (non-hydrogen) atoms. The number of hydrogen-bond acceptors (Lipinski definition) is 3. The number of aliphatic hydroxyl groups is 1. The third-order valence-electron chi connectivity index (χ3n) is 6.12. The van der Waals surface area contributed by atoms with Gasteiger partial charge in [0.1, 0.15) is 0 Å². The molecule has 1 aliphatic heterocycles. The first-order chi connectivity index (χ1) is 11.9. The van der Waals surface area contributed by atoms with Crippen LogP contribution in [0.3, 0.4) is 0 Å². The quantitative estimate of drug-likeness (QED) is 0.909. The molecular weight excluding hydrogens is 312 g/mol. The summed E-state index contributed by atoms with van der Waals surface area (Å²) < 4.78 is 0. The zero-order chi connectivity index (χ0) is 18.0. The number of carbonyl (C=O) groups is 1. The van der Waals surface area contributed by atoms with Gasteiger partial charge >= 0.3 is 0 Å². The molecule has 0 atom stereocenters. The van der Waals surface area contributed by atoms with E-state index >= 15 is 0 Å². The van der Waals surface area contributed by atoms with Gasteiger partial charge in [-0.25, -0.2) is 0 Å². The second-order valence-corrected chi connectivity index (χ2v) is 8.58. The summed E-state index contributed by atoms with van der Waals surface area (Å²) in [7, 11) is 1.95. The van der Waals surface area contributed by atoms with Gasteiger partial charge in [-0.1, -0.05) is 13.8 Å². The first-order valence-electron chi connectivity index (χ1n) is 9.66. The number of amides is 1. The molecule has 1 N–H and O–H groups in total. The lowest BCUT2D eigenvalue weighted by Gasteiger charge is -2.38. The number of anilines is 1. The topological polar surface area (TPSA) is 43.8 Å². The van der Waals surface area contributed by atoms with Crippen LogP contribution in [0, 0.1) is 5.41 Å². The standard InChI is InChI=1S/C21H32N2O2/c1-21(2)12-8-17(9-13-21)22(3)20(25)16-4-6-18(7-5-16)23-14-10-19(24)11-15-23/h4-7,17,19,24H,8-15H2,1-3H3. The molecule has 1 heterocycles. The average molecular weight is 344 g/mol. The van der Waals surface area contributed by atoms with E-state index < -0.39 is 0 Å². The van der Waals surface area contributed by atoms with Crippen LogP contribution in [0.1, 0.15) is 62.7 Å². The van der Waals surface area contributed by atoms with Crippen LogP contribution in [-0.4, -0.2) is 48.2 Å². The Hall–Kier alpha value is -1.55. The van der Waals surface area contributed by atoms with E-state index in [2.05, 4.69) is 18.7 Å². The van der Waals surface area contributed by atoms with E-state index in [1.807, 2.05) is 36.2 Å². The molecule has 138 valence electrons. The minimum Gasteiger partial charge on any atom is -0.393 e. The molecule has 2 fully saturated rings. The highest BCUT2D eigenvalue weighted by Gasteiger charge is 2.30. The van der Waals surface area contributed by atoms with Crippen LogP contribution in [0.5, 0.6) is 0 Å². The van der Waals surface area contributed by atoms with Crippen LogP contribution in [0.15, 0.2) is 24.3 Å². The smallest absolute Gasteiger partial charge is 0.253 e. The first-order valence-corrected chi connectivity index (χ1v) is 9.66. The lowest BCUT2D eigenvalue weighted by Crippen LogP contribution is -2.40. The van der Waals surface area contributed by atoms with Gasteiger partial charge in [-0.15, -0.1) is 0 Å². The number of nitrogens with zero attached hydrogens (tertiary/aromatic N) is 2. The molecule has 1 aliphatic carbocycles. The highest BCUT2D eigenvalue weighted by Crippen LogP contribution is 2.37. The monoisotopic (exact) mass is 344 g/mol. The van der Waals surface area contributed by atoms with Gasteiger partial charge < -0.3 is 14.9 Å². The van der Waals surface area contributed by atoms with Gasteiger partial charge in [0.15, 0.2) is 0 Å². The van der Waals surface area contributed by atoms with Crippen molar-refractivity contribution < 1.29 is 9.90 Å². The van der Waals surface area contributed by atoms with Gasteiger partial charge in [0.25, 0.3) is 5.91 Å². The molecule has 0 bridgehead atoms. The summed E-state index contributed by atoms with van der Waals surface area (Å²) >= 11 is 0. The summed E-state index contributed by atoms with van der Waals surface area (Å²) in [5, 5.41) is 9.63. The van der Waals surface area contributed by atoms with Crippen molar-refractivity contribution in [3.63, 3.8) is 0 Å². The molecule has 1 aromatic carbocycles. The van der Waals surface area contributed by atoms with E-state index in [1.165, 1.54) is 12.8 Å². The Bertz CT molecular complexity index is 578. The molecule has 2 aliphatic rings. The third kappa shape index (κ3) is 4.35. The fraction of sp³-hybridized carbons (Fsp3) is 0.667. The molecule has 1 aromatic rings. The number of hydrogen-bond donors (Lipinski definition) is 1. The van der Waals surface area contributed by atoms with Crippen LogP contribution < -0.4 is 4.90 Å². The van der Waals surface area contributed by atoms with Crippen molar-refractivity contribution in [1.82, 2.24) is 4.90 Å². The predicted molar refractivity (Wildman–Crippen MR) is 102 cm³/mol. The van der Waals surface area contributed by atoms with Crippen LogP contribution in [0.2, 0.25) is 0 Å². The van der Waals surface area contributed by atoms with Gasteiger partial charge in [-0.3, -0.25) is 4.79 Å². The van der Waals surface area contributed by atoms with Crippen molar-refractivity contribution in [3.8, 4) is 0 Å². The normalized spacial score (nSPS) is 22.0. The van der Waals surface area contributed by atoms with Crippen LogP contribution in [0.25, 0.3) is 0 Å². The molecule has 1 saturated carbocycles. The fourth-order valence-electron chi connectivity index (χ4n) is 4.08. The second-order valence-electron chi connectivity index (χ2n) is 8.58. The molecule has 1 saturated heterocycles. The van der Waals surface area contributed by atoms with Crippen molar-refractivity contribution >= 4 is 11.6 Å². The lowest BCUT2D eigenvalue weighted by molar-refractivity contribution is 0.0635. The van der Waals surface area contributed by atoms with Crippen molar-refractivity contribution in [2.24, 2.45) is 5.41 Å². The van der Waals surface area contributed by atoms with Crippen LogP contribution >= 0.6 is 0 Å². The fourth-order valence-corrected chi connectivity index (χ4v) is 4.08. The molecule has 1 amide bonds. The second kappa shape index (κ2) is 7.36. The largest absolute Gasteiger partial charge is 0.393 e. The zero-order valence-corrected chi connectivity index (χ0v) is 15.9. The molecule has 0 spiro atoms. The van der Waals surface area contributed by atoms with E-state index in [1.54, 1.807) is 0 Å². The Kier molecular flexibility index (Phi) is 5.38. The van der Waals surface area contributed by atoms with E-state index in [0.717, 1.165) is 50.0 Å². The SMILES string of the molecule is CN(C(=O)c1ccc(N2CCC(O)CC2)cc1)C1CCC(C)(C)CC1. The summed E-state index contributed by atoms with van der Waals surface area (Å²) in [6.07, 6.45) is 6.06. The molecule has 4 heteroatoms. The summed E-state index contributed by atoms with van der Waals surface area (Å²) in [6.45, 7) is 6.41.